The van der Waals surface area contributed by atoms with Crippen LogP contribution in [0.4, 0.5) is 0 Å². The second-order valence-corrected chi connectivity index (χ2v) is 4.46. The molecular formula is C10H16N2OS. The maximum Gasteiger partial charge on any atom is 0.177 e. The first-order chi connectivity index (χ1) is 6.67. The predicted octanol–water partition coefficient (Wildman–Crippen LogP) is 2.24. The molecule has 0 bridgehead atoms. The van der Waals surface area contributed by atoms with Gasteiger partial charge in [-0.3, -0.25) is 0 Å². The summed E-state index contributed by atoms with van der Waals surface area (Å²) in [6.07, 6.45) is 4.06. The van der Waals surface area contributed by atoms with Gasteiger partial charge < -0.3 is 14.3 Å². The quantitative estimate of drug-likeness (QED) is 0.762. The predicted molar refractivity (Wildman–Crippen MR) is 58.1 cm³/mol. The molecule has 1 aliphatic heterocycles. The molecule has 1 fully saturated rings. The van der Waals surface area contributed by atoms with Crippen LogP contribution in [0.1, 0.15) is 26.0 Å². The molecule has 1 N–H and O–H groups in total. The summed E-state index contributed by atoms with van der Waals surface area (Å²) in [4.78, 5) is 3.11. The molecule has 0 amide bonds. The van der Waals surface area contributed by atoms with Crippen LogP contribution in [0.3, 0.4) is 0 Å². The van der Waals surface area contributed by atoms with Gasteiger partial charge in [-0.15, -0.1) is 0 Å². The summed E-state index contributed by atoms with van der Waals surface area (Å²) in [7, 11) is 0. The minimum Gasteiger partial charge on any atom is -0.379 e. The lowest BCUT2D eigenvalue weighted by molar-refractivity contribution is 0.160. The van der Waals surface area contributed by atoms with Crippen molar-refractivity contribution in [1.29, 1.82) is 0 Å². The number of aromatic amines is 1. The molecule has 1 unspecified atom stereocenters. The van der Waals surface area contributed by atoms with E-state index in [9.17, 15) is 0 Å². The third-order valence-electron chi connectivity index (χ3n) is 2.95. The number of nitrogens with zero attached hydrogens (tertiary/aromatic N) is 1. The van der Waals surface area contributed by atoms with Crippen molar-refractivity contribution in [3.05, 3.63) is 16.7 Å². The standard InChI is InChI=1S/C10H16N2OS/c1-3-8-6-11-9(14)12(8)10(2)4-5-13-7-10/h6H,3-5,7H2,1-2H3,(H,11,14). The van der Waals surface area contributed by atoms with Crippen molar-refractivity contribution in [1.82, 2.24) is 9.55 Å². The summed E-state index contributed by atoms with van der Waals surface area (Å²) < 4.78 is 8.49. The van der Waals surface area contributed by atoms with Crippen molar-refractivity contribution in [3.8, 4) is 0 Å². The minimum atomic E-state index is 0.0580. The number of aryl methyl sites for hydroxylation is 1. The Bertz CT molecular complexity index is 374. The number of aromatic nitrogens is 2. The monoisotopic (exact) mass is 212 g/mol. The summed E-state index contributed by atoms with van der Waals surface area (Å²) in [6, 6.07) is 0. The molecule has 1 aliphatic rings. The summed E-state index contributed by atoms with van der Waals surface area (Å²) >= 11 is 5.30. The minimum absolute atomic E-state index is 0.0580. The van der Waals surface area contributed by atoms with E-state index in [1.54, 1.807) is 0 Å². The van der Waals surface area contributed by atoms with Crippen molar-refractivity contribution >= 4 is 12.2 Å². The van der Waals surface area contributed by atoms with Gasteiger partial charge in [0.1, 0.15) is 0 Å². The lowest BCUT2D eigenvalue weighted by Gasteiger charge is -2.26. The molecule has 2 heterocycles. The third kappa shape index (κ3) is 1.42. The fraction of sp³-hybridized carbons (Fsp3) is 0.700. The van der Waals surface area contributed by atoms with E-state index in [0.29, 0.717) is 0 Å². The molecule has 14 heavy (non-hydrogen) atoms. The fourth-order valence-corrected chi connectivity index (χ4v) is 2.49. The van der Waals surface area contributed by atoms with E-state index in [2.05, 4.69) is 23.4 Å². The van der Waals surface area contributed by atoms with Crippen LogP contribution in [0.2, 0.25) is 0 Å². The van der Waals surface area contributed by atoms with Crippen LogP contribution in [0.5, 0.6) is 0 Å². The molecule has 1 saturated heterocycles. The smallest absolute Gasteiger partial charge is 0.177 e. The van der Waals surface area contributed by atoms with Gasteiger partial charge in [-0.1, -0.05) is 6.92 Å². The highest BCUT2D eigenvalue weighted by atomic mass is 32.1. The maximum atomic E-state index is 5.46. The number of imidazole rings is 1. The fourth-order valence-electron chi connectivity index (χ4n) is 2.09. The Labute approximate surface area is 89.1 Å². The Hall–Kier alpha value is -0.610. The molecule has 3 nitrogen and oxygen atoms in total. The van der Waals surface area contributed by atoms with Gasteiger partial charge in [0.2, 0.25) is 0 Å². The molecule has 1 aromatic rings. The molecule has 0 radical (unpaired) electrons. The van der Waals surface area contributed by atoms with Gasteiger partial charge in [-0.05, 0) is 32.0 Å². The van der Waals surface area contributed by atoms with Crippen molar-refractivity contribution in [2.24, 2.45) is 0 Å². The van der Waals surface area contributed by atoms with Crippen molar-refractivity contribution < 1.29 is 4.74 Å². The highest BCUT2D eigenvalue weighted by molar-refractivity contribution is 7.71. The van der Waals surface area contributed by atoms with Gasteiger partial charge >= 0.3 is 0 Å². The number of nitrogens with one attached hydrogen (secondary N) is 1. The summed E-state index contributed by atoms with van der Waals surface area (Å²) in [5, 5.41) is 0. The first-order valence-electron chi connectivity index (χ1n) is 5.05. The van der Waals surface area contributed by atoms with Crippen LogP contribution in [0.25, 0.3) is 0 Å². The molecule has 0 saturated carbocycles. The average Bonchev–Trinajstić information content (AvgIpc) is 2.73. The summed E-state index contributed by atoms with van der Waals surface area (Å²) in [5.41, 5.74) is 1.32. The maximum absolute atomic E-state index is 5.46. The molecule has 1 atom stereocenters. The van der Waals surface area contributed by atoms with E-state index >= 15 is 0 Å². The second-order valence-electron chi connectivity index (χ2n) is 4.07. The molecule has 0 aromatic carbocycles. The van der Waals surface area contributed by atoms with Crippen molar-refractivity contribution in [2.45, 2.75) is 32.2 Å². The van der Waals surface area contributed by atoms with Gasteiger partial charge in [0.25, 0.3) is 0 Å². The van der Waals surface area contributed by atoms with E-state index in [4.69, 9.17) is 17.0 Å². The zero-order valence-corrected chi connectivity index (χ0v) is 9.49. The number of hydrogen-bond acceptors (Lipinski definition) is 2. The van der Waals surface area contributed by atoms with Crippen molar-refractivity contribution in [2.75, 3.05) is 13.2 Å². The van der Waals surface area contributed by atoms with Crippen LogP contribution in [-0.2, 0) is 16.7 Å². The normalized spacial score (nSPS) is 27.0. The van der Waals surface area contributed by atoms with Gasteiger partial charge in [0.15, 0.2) is 4.77 Å². The van der Waals surface area contributed by atoms with Crippen molar-refractivity contribution in [3.63, 3.8) is 0 Å². The Morgan fingerprint density at radius 3 is 3.07 bits per heavy atom. The number of H-pyrrole nitrogens is 1. The van der Waals surface area contributed by atoms with Crippen LogP contribution in [0.15, 0.2) is 6.20 Å². The second kappa shape index (κ2) is 3.51. The van der Waals surface area contributed by atoms with Gasteiger partial charge in [-0.25, -0.2) is 0 Å². The largest absolute Gasteiger partial charge is 0.379 e. The van der Waals surface area contributed by atoms with Gasteiger partial charge in [0.05, 0.1) is 12.1 Å². The van der Waals surface area contributed by atoms with E-state index in [-0.39, 0.29) is 5.54 Å². The first kappa shape index (κ1) is 9.93. The van der Waals surface area contributed by atoms with E-state index < -0.39 is 0 Å². The number of rotatable bonds is 2. The zero-order chi connectivity index (χ0) is 10.2. The molecular weight excluding hydrogens is 196 g/mol. The Morgan fingerprint density at radius 2 is 2.50 bits per heavy atom. The summed E-state index contributed by atoms with van der Waals surface area (Å²) in [5.74, 6) is 0. The lowest BCUT2D eigenvalue weighted by atomic mass is 10.0. The molecule has 0 aliphatic carbocycles. The third-order valence-corrected chi connectivity index (χ3v) is 3.25. The zero-order valence-electron chi connectivity index (χ0n) is 8.67. The molecule has 0 spiro atoms. The van der Waals surface area contributed by atoms with Crippen LogP contribution < -0.4 is 0 Å². The SMILES string of the molecule is CCc1c[nH]c(=S)n1C1(C)CCOC1. The lowest BCUT2D eigenvalue weighted by Crippen LogP contribution is -2.31. The van der Waals surface area contributed by atoms with Gasteiger partial charge in [-0.2, -0.15) is 0 Å². The Morgan fingerprint density at radius 1 is 1.71 bits per heavy atom. The Kier molecular flexibility index (Phi) is 2.49. The topological polar surface area (TPSA) is 29.9 Å². The highest BCUT2D eigenvalue weighted by Gasteiger charge is 2.33. The molecule has 4 heteroatoms. The molecule has 2 rings (SSSR count). The van der Waals surface area contributed by atoms with E-state index in [1.165, 1.54) is 5.69 Å². The Balaban J connectivity index is 2.48. The van der Waals surface area contributed by atoms with Crippen LogP contribution >= 0.6 is 12.2 Å². The van der Waals surface area contributed by atoms with Gasteiger partial charge in [0, 0.05) is 18.5 Å². The van der Waals surface area contributed by atoms with E-state index in [1.807, 2.05) is 6.20 Å². The number of hydrogen-bond donors (Lipinski definition) is 1. The van der Waals surface area contributed by atoms with Crippen LogP contribution in [-0.4, -0.2) is 22.8 Å². The number of ether oxygens (including phenoxy) is 1. The van der Waals surface area contributed by atoms with E-state index in [0.717, 1.165) is 30.8 Å². The average molecular weight is 212 g/mol. The molecule has 78 valence electrons. The first-order valence-corrected chi connectivity index (χ1v) is 5.46. The summed E-state index contributed by atoms with van der Waals surface area (Å²) in [6.45, 7) is 5.97. The molecule has 1 aromatic heterocycles. The van der Waals surface area contributed by atoms with Crippen LogP contribution in [0, 0.1) is 4.77 Å². The highest BCUT2D eigenvalue weighted by Crippen LogP contribution is 2.28.